The third-order valence-electron chi connectivity index (χ3n) is 5.39. The summed E-state index contributed by atoms with van der Waals surface area (Å²) in [6.07, 6.45) is 0. The lowest BCUT2D eigenvalue weighted by Gasteiger charge is -2.47. The second-order valence-corrected chi connectivity index (χ2v) is 9.84. The third-order valence-corrected chi connectivity index (χ3v) is 9.37. The van der Waals surface area contributed by atoms with Gasteiger partial charge in [0.15, 0.2) is 0 Å². The quantitative estimate of drug-likeness (QED) is 0.521. The minimum atomic E-state index is -1.02. The fraction of sp³-hybridized carbons (Fsp3) is 0.182. The van der Waals surface area contributed by atoms with Crippen molar-refractivity contribution >= 4 is 21.4 Å². The molecule has 3 aromatic rings. The second-order valence-electron chi connectivity index (χ2n) is 6.62. The Labute approximate surface area is 145 Å². The lowest BCUT2D eigenvalue weighted by Crippen LogP contribution is -2.24. The van der Waals surface area contributed by atoms with Gasteiger partial charge in [0.2, 0.25) is 0 Å². The normalized spacial score (nSPS) is 18.0. The molecule has 2 heterocycles. The van der Waals surface area contributed by atoms with Gasteiger partial charge in [0.05, 0.1) is 11.4 Å². The van der Waals surface area contributed by atoms with Gasteiger partial charge in [-0.1, -0.05) is 48.5 Å². The van der Waals surface area contributed by atoms with Crippen LogP contribution in [0.3, 0.4) is 0 Å². The van der Waals surface area contributed by atoms with Gasteiger partial charge >= 0.3 is 0 Å². The molecule has 0 bridgehead atoms. The zero-order valence-electron chi connectivity index (χ0n) is 13.9. The Kier molecular flexibility index (Phi) is 3.04. The summed E-state index contributed by atoms with van der Waals surface area (Å²) in [6.45, 7) is 3.26. The summed E-state index contributed by atoms with van der Waals surface area (Å²) in [4.78, 5) is 5.63. The molecule has 2 heteroatoms. The fourth-order valence-corrected chi connectivity index (χ4v) is 8.76. The molecule has 0 N–H and O–H groups in total. The number of hydrogen-bond donors (Lipinski definition) is 0. The van der Waals surface area contributed by atoms with Gasteiger partial charge in [-0.05, 0) is 42.3 Å². The molecule has 0 fully saturated rings. The molecule has 120 valence electrons. The van der Waals surface area contributed by atoms with Crippen LogP contribution in [0.2, 0.25) is 0 Å². The van der Waals surface area contributed by atoms with Crippen LogP contribution in [0.1, 0.15) is 18.1 Å². The van der Waals surface area contributed by atoms with Crippen molar-refractivity contribution in [3.05, 3.63) is 83.9 Å². The molecule has 1 spiro atoms. The number of fused-ring (bicyclic) bond motifs is 5. The van der Waals surface area contributed by atoms with E-state index in [9.17, 15) is 0 Å². The maximum atomic E-state index is 2.49. The average Bonchev–Trinajstić information content (AvgIpc) is 3.03. The van der Waals surface area contributed by atoms with Gasteiger partial charge in [0.1, 0.15) is 0 Å². The molecule has 1 nitrogen and oxygen atoms in total. The Morgan fingerprint density at radius 1 is 0.708 bits per heavy atom. The maximum Gasteiger partial charge on any atom is 0.0537 e. The molecule has 0 aliphatic carbocycles. The Bertz CT molecular complexity index is 856. The van der Waals surface area contributed by atoms with E-state index in [0.717, 1.165) is 6.54 Å². The summed E-state index contributed by atoms with van der Waals surface area (Å²) >= 11 is 0. The van der Waals surface area contributed by atoms with Crippen LogP contribution in [0.15, 0.2) is 82.6 Å². The van der Waals surface area contributed by atoms with E-state index >= 15 is 0 Å². The molecule has 2 aliphatic rings. The summed E-state index contributed by atoms with van der Waals surface area (Å²) in [6, 6.07) is 27.2. The minimum Gasteiger partial charge on any atom is -0.340 e. The monoisotopic (exact) mass is 331 g/mol. The van der Waals surface area contributed by atoms with E-state index in [4.69, 9.17) is 0 Å². The SMILES string of the molecule is CCN1c2ccccc2S2(Cc3ccccc3C2)c2ccccc21. The highest BCUT2D eigenvalue weighted by atomic mass is 32.3. The predicted octanol–water partition coefficient (Wildman–Crippen LogP) is 6.09. The Morgan fingerprint density at radius 2 is 1.17 bits per heavy atom. The van der Waals surface area contributed by atoms with E-state index in [1.807, 2.05) is 0 Å². The van der Waals surface area contributed by atoms with Crippen molar-refractivity contribution in [2.45, 2.75) is 28.2 Å². The molecule has 0 unspecified atom stereocenters. The number of anilines is 2. The summed E-state index contributed by atoms with van der Waals surface area (Å²) in [7, 11) is -1.02. The lowest BCUT2D eigenvalue weighted by molar-refractivity contribution is 0.969. The molecule has 0 saturated heterocycles. The zero-order valence-corrected chi connectivity index (χ0v) is 14.7. The molecule has 5 rings (SSSR count). The molecular weight excluding hydrogens is 310 g/mol. The van der Waals surface area contributed by atoms with Crippen LogP contribution >= 0.6 is 10.0 Å². The van der Waals surface area contributed by atoms with Crippen LogP contribution in [0.25, 0.3) is 0 Å². The highest BCUT2D eigenvalue weighted by molar-refractivity contribution is 8.33. The van der Waals surface area contributed by atoms with Gasteiger partial charge in [-0.15, -0.1) is 0 Å². The molecular formula is C22H21NS. The molecule has 0 radical (unpaired) electrons. The van der Waals surface area contributed by atoms with Crippen molar-refractivity contribution in [1.82, 2.24) is 0 Å². The number of hydrogen-bond acceptors (Lipinski definition) is 1. The number of benzene rings is 3. The Balaban J connectivity index is 1.81. The van der Waals surface area contributed by atoms with Gasteiger partial charge in [-0.2, -0.15) is 10.0 Å². The first-order valence-electron chi connectivity index (χ1n) is 8.65. The highest BCUT2D eigenvalue weighted by Crippen LogP contribution is 2.76. The van der Waals surface area contributed by atoms with Gasteiger partial charge in [-0.25, -0.2) is 0 Å². The van der Waals surface area contributed by atoms with E-state index < -0.39 is 10.0 Å². The first-order valence-corrected chi connectivity index (χ1v) is 10.6. The second kappa shape index (κ2) is 5.15. The Morgan fingerprint density at radius 3 is 1.67 bits per heavy atom. The first kappa shape index (κ1) is 14.2. The number of rotatable bonds is 1. The molecule has 0 saturated carbocycles. The topological polar surface area (TPSA) is 3.24 Å². The van der Waals surface area contributed by atoms with E-state index in [1.54, 1.807) is 20.9 Å². The van der Waals surface area contributed by atoms with Crippen LogP contribution in [-0.2, 0) is 11.5 Å². The van der Waals surface area contributed by atoms with Crippen LogP contribution in [0.4, 0.5) is 11.4 Å². The summed E-state index contributed by atoms with van der Waals surface area (Å²) in [5.74, 6) is 2.38. The predicted molar refractivity (Wildman–Crippen MR) is 104 cm³/mol. The molecule has 3 aromatic carbocycles. The van der Waals surface area contributed by atoms with E-state index in [1.165, 1.54) is 22.9 Å². The van der Waals surface area contributed by atoms with Crippen LogP contribution < -0.4 is 4.90 Å². The molecule has 0 amide bonds. The van der Waals surface area contributed by atoms with E-state index in [0.29, 0.717) is 0 Å². The van der Waals surface area contributed by atoms with Crippen molar-refractivity contribution in [3.63, 3.8) is 0 Å². The van der Waals surface area contributed by atoms with Crippen LogP contribution in [-0.4, -0.2) is 6.54 Å². The van der Waals surface area contributed by atoms with Gasteiger partial charge < -0.3 is 4.90 Å². The largest absolute Gasteiger partial charge is 0.340 e. The van der Waals surface area contributed by atoms with E-state index in [-0.39, 0.29) is 0 Å². The van der Waals surface area contributed by atoms with E-state index in [2.05, 4.69) is 84.6 Å². The van der Waals surface area contributed by atoms with Crippen molar-refractivity contribution in [2.24, 2.45) is 0 Å². The number of nitrogens with zero attached hydrogens (tertiary/aromatic N) is 1. The lowest BCUT2D eigenvalue weighted by atomic mass is 10.1. The van der Waals surface area contributed by atoms with Crippen molar-refractivity contribution < 1.29 is 0 Å². The Hall–Kier alpha value is -2.19. The third kappa shape index (κ3) is 1.78. The first-order chi connectivity index (χ1) is 11.8. The van der Waals surface area contributed by atoms with Gasteiger partial charge in [0.25, 0.3) is 0 Å². The minimum absolute atomic E-state index is 1.01. The van der Waals surface area contributed by atoms with Crippen molar-refractivity contribution in [2.75, 3.05) is 11.4 Å². The average molecular weight is 331 g/mol. The molecule has 0 atom stereocenters. The van der Waals surface area contributed by atoms with Crippen molar-refractivity contribution in [3.8, 4) is 0 Å². The van der Waals surface area contributed by atoms with Crippen molar-refractivity contribution in [1.29, 1.82) is 0 Å². The van der Waals surface area contributed by atoms with Gasteiger partial charge in [0, 0.05) is 27.8 Å². The molecule has 0 aromatic heterocycles. The standard InChI is InChI=1S/C22H21NS/c1-2-23-19-11-5-7-13-21(19)24(22-14-8-6-12-20(22)23)15-17-9-3-4-10-18(17)16-24/h3-14H,2,15-16H2,1H3. The molecule has 2 aliphatic heterocycles. The van der Waals surface area contributed by atoms with Crippen LogP contribution in [0, 0.1) is 0 Å². The fourth-order valence-electron chi connectivity index (χ4n) is 4.34. The summed E-state index contributed by atoms with van der Waals surface area (Å²) in [5.41, 5.74) is 5.92. The van der Waals surface area contributed by atoms with Gasteiger partial charge in [-0.3, -0.25) is 0 Å². The summed E-state index contributed by atoms with van der Waals surface area (Å²) < 4.78 is 0. The number of para-hydroxylation sites is 2. The summed E-state index contributed by atoms with van der Waals surface area (Å²) in [5, 5.41) is 0. The zero-order chi connectivity index (χ0) is 16.1. The maximum absolute atomic E-state index is 2.49. The van der Waals surface area contributed by atoms with Crippen LogP contribution in [0.5, 0.6) is 0 Å². The smallest absolute Gasteiger partial charge is 0.0537 e. The highest BCUT2D eigenvalue weighted by Gasteiger charge is 2.42. The molecule has 24 heavy (non-hydrogen) atoms.